The van der Waals surface area contributed by atoms with E-state index in [4.69, 9.17) is 16.3 Å². The van der Waals surface area contributed by atoms with E-state index in [-0.39, 0.29) is 11.0 Å². The number of anilines is 1. The highest BCUT2D eigenvalue weighted by Crippen LogP contribution is 2.37. The number of benzene rings is 3. The molecule has 10 heteroatoms. The van der Waals surface area contributed by atoms with Crippen LogP contribution in [0, 0.1) is 13.8 Å². The first-order valence-corrected chi connectivity index (χ1v) is 16.2. The van der Waals surface area contributed by atoms with Gasteiger partial charge in [0.15, 0.2) is 5.43 Å². The zero-order chi connectivity index (χ0) is 34.2. The van der Waals surface area contributed by atoms with Gasteiger partial charge in [0.25, 0.3) is 5.56 Å². The predicted octanol–water partition coefficient (Wildman–Crippen LogP) is 7.66. The van der Waals surface area contributed by atoms with Crippen LogP contribution in [-0.2, 0) is 6.54 Å². The summed E-state index contributed by atoms with van der Waals surface area (Å²) in [5.74, 6) is 1.10. The van der Waals surface area contributed by atoms with Gasteiger partial charge < -0.3 is 14.6 Å². The number of rotatable bonds is 8. The molecule has 1 atom stereocenters. The fourth-order valence-electron chi connectivity index (χ4n) is 6.41. The normalized spacial score (nSPS) is 11.9. The van der Waals surface area contributed by atoms with Gasteiger partial charge in [0.1, 0.15) is 28.9 Å². The third-order valence-electron chi connectivity index (χ3n) is 8.74. The molecule has 49 heavy (non-hydrogen) atoms. The van der Waals surface area contributed by atoms with Crippen LogP contribution in [0.3, 0.4) is 0 Å². The van der Waals surface area contributed by atoms with Gasteiger partial charge in [-0.1, -0.05) is 66.2 Å². The molecule has 7 rings (SSSR count). The minimum Gasteiger partial charge on any atom is -0.497 e. The summed E-state index contributed by atoms with van der Waals surface area (Å²) >= 11 is 7.32. The Kier molecular flexibility index (Phi) is 8.44. The largest absolute Gasteiger partial charge is 0.497 e. The van der Waals surface area contributed by atoms with E-state index in [1.165, 1.54) is 12.4 Å². The molecule has 1 unspecified atom stereocenters. The second-order valence-corrected chi connectivity index (χ2v) is 12.3. The number of hydrogen-bond acceptors (Lipinski definition) is 7. The Morgan fingerprint density at radius 1 is 0.857 bits per heavy atom. The highest BCUT2D eigenvalue weighted by Gasteiger charge is 2.25. The van der Waals surface area contributed by atoms with Crippen LogP contribution in [0.5, 0.6) is 5.75 Å². The molecule has 0 saturated heterocycles. The van der Waals surface area contributed by atoms with Crippen molar-refractivity contribution in [2.45, 2.75) is 33.4 Å². The molecular weight excluding hydrogens is 636 g/mol. The van der Waals surface area contributed by atoms with Crippen LogP contribution in [0.15, 0.2) is 113 Å². The number of fused-ring (bicyclic) bond motifs is 2. The number of methoxy groups -OCH3 is 1. The lowest BCUT2D eigenvalue weighted by atomic mass is 9.96. The Hall–Kier alpha value is -5.80. The topological polar surface area (TPSA) is 104 Å². The van der Waals surface area contributed by atoms with Gasteiger partial charge in [0, 0.05) is 46.8 Å². The Morgan fingerprint density at radius 2 is 1.63 bits per heavy atom. The van der Waals surface area contributed by atoms with Gasteiger partial charge in [-0.25, -0.2) is 9.97 Å². The summed E-state index contributed by atoms with van der Waals surface area (Å²) in [6.45, 7) is 6.26. The first kappa shape index (κ1) is 31.8. The Morgan fingerprint density at radius 3 is 2.37 bits per heavy atom. The number of aryl methyl sites for hydroxylation is 2. The van der Waals surface area contributed by atoms with Crippen LogP contribution in [-0.4, -0.2) is 31.2 Å². The van der Waals surface area contributed by atoms with Gasteiger partial charge in [-0.15, -0.1) is 0 Å². The molecule has 0 fully saturated rings. The lowest BCUT2D eigenvalue weighted by Crippen LogP contribution is -2.27. The summed E-state index contributed by atoms with van der Waals surface area (Å²) in [4.78, 5) is 41.8. The van der Waals surface area contributed by atoms with E-state index in [1.54, 1.807) is 17.9 Å². The number of nitrogens with zero attached hydrogens (tertiary/aromatic N) is 5. The van der Waals surface area contributed by atoms with Crippen LogP contribution in [0.4, 0.5) is 5.82 Å². The van der Waals surface area contributed by atoms with E-state index in [1.807, 2.05) is 110 Å². The molecule has 0 aliphatic carbocycles. The van der Waals surface area contributed by atoms with Crippen LogP contribution in [0.25, 0.3) is 38.6 Å². The summed E-state index contributed by atoms with van der Waals surface area (Å²) in [5, 5.41) is 5.28. The third-order valence-corrected chi connectivity index (χ3v) is 9.14. The maximum absolute atomic E-state index is 14.7. The van der Waals surface area contributed by atoms with Crippen molar-refractivity contribution in [3.8, 4) is 22.6 Å². The number of aromatic nitrogens is 5. The van der Waals surface area contributed by atoms with Gasteiger partial charge in [0.2, 0.25) is 0 Å². The molecule has 1 N–H and O–H groups in total. The number of para-hydroxylation sites is 1. The van der Waals surface area contributed by atoms with Gasteiger partial charge in [-0.3, -0.25) is 19.1 Å². The van der Waals surface area contributed by atoms with Crippen LogP contribution < -0.4 is 21.0 Å². The van der Waals surface area contributed by atoms with Crippen molar-refractivity contribution in [1.29, 1.82) is 0 Å². The minimum atomic E-state index is -0.566. The molecule has 4 heterocycles. The Balaban J connectivity index is 1.38. The summed E-state index contributed by atoms with van der Waals surface area (Å²) < 4.78 is 8.85. The molecule has 0 spiro atoms. The van der Waals surface area contributed by atoms with Crippen LogP contribution in [0.1, 0.15) is 35.6 Å². The highest BCUT2D eigenvalue weighted by atomic mass is 35.5. The summed E-state index contributed by atoms with van der Waals surface area (Å²) in [6.07, 6.45) is 3.16. The standard InChI is InChI=1S/C39H33ClN6O3/c1-23-13-18-29(24(2)43-23)30-11-8-12-31-33(30)39(48)46(27-9-6-5-7-10-27)36(35(31)40)25(3)44-37-34-32(47)19-20-45(38(34)42-22-41-37)21-26-14-16-28(49-4)17-15-26/h5-20,22,25H,21H2,1-4H3,(H,41,42,44). The number of hydrogen-bond donors (Lipinski definition) is 1. The molecule has 4 aromatic heterocycles. The number of halogens is 1. The van der Waals surface area contributed by atoms with E-state index in [0.717, 1.165) is 33.8 Å². The average Bonchev–Trinajstić information content (AvgIpc) is 3.11. The summed E-state index contributed by atoms with van der Waals surface area (Å²) in [5.41, 5.74) is 5.56. The van der Waals surface area contributed by atoms with Gasteiger partial charge in [-0.05, 0) is 62.2 Å². The van der Waals surface area contributed by atoms with Crippen molar-refractivity contribution in [3.63, 3.8) is 0 Å². The fraction of sp³-hybridized carbons (Fsp3) is 0.154. The van der Waals surface area contributed by atoms with Crippen molar-refractivity contribution < 1.29 is 4.74 Å². The zero-order valence-corrected chi connectivity index (χ0v) is 28.2. The maximum atomic E-state index is 14.7. The molecule has 0 amide bonds. The van der Waals surface area contributed by atoms with Crippen LogP contribution in [0.2, 0.25) is 5.02 Å². The lowest BCUT2D eigenvalue weighted by Gasteiger charge is -2.24. The summed E-state index contributed by atoms with van der Waals surface area (Å²) in [6, 6.07) is 27.7. The SMILES string of the molecule is COc1ccc(Cn2ccc(=O)c3c(NC(C)c4c(Cl)c5cccc(-c6ccc(C)nc6C)c5c(=O)n4-c4ccccc4)ncnc32)cc1. The first-order chi connectivity index (χ1) is 23.7. The smallest absolute Gasteiger partial charge is 0.263 e. The molecule has 9 nitrogen and oxygen atoms in total. The van der Waals surface area contributed by atoms with Crippen molar-refractivity contribution in [2.75, 3.05) is 12.4 Å². The molecule has 0 saturated carbocycles. The van der Waals surface area contributed by atoms with E-state index >= 15 is 0 Å². The zero-order valence-electron chi connectivity index (χ0n) is 27.4. The molecule has 244 valence electrons. The number of nitrogens with one attached hydrogen (secondary N) is 1. The molecule has 0 bridgehead atoms. The van der Waals surface area contributed by atoms with Gasteiger partial charge in [-0.2, -0.15) is 0 Å². The molecule has 3 aromatic carbocycles. The predicted molar refractivity (Wildman–Crippen MR) is 195 cm³/mol. The Bertz CT molecular complexity index is 2480. The van der Waals surface area contributed by atoms with Crippen molar-refractivity contribution in [1.82, 2.24) is 24.1 Å². The minimum absolute atomic E-state index is 0.223. The molecular formula is C39H33ClN6O3. The van der Waals surface area contributed by atoms with Crippen molar-refractivity contribution in [2.24, 2.45) is 0 Å². The second-order valence-electron chi connectivity index (χ2n) is 11.9. The first-order valence-electron chi connectivity index (χ1n) is 15.9. The average molecular weight is 669 g/mol. The number of pyridine rings is 3. The third kappa shape index (κ3) is 5.83. The molecule has 7 aromatic rings. The van der Waals surface area contributed by atoms with Crippen molar-refractivity contribution in [3.05, 3.63) is 152 Å². The molecule has 0 aliphatic heterocycles. The van der Waals surface area contributed by atoms with Gasteiger partial charge >= 0.3 is 0 Å². The molecule has 0 radical (unpaired) electrons. The quantitative estimate of drug-likeness (QED) is 0.177. The number of ether oxygens (including phenoxy) is 1. The summed E-state index contributed by atoms with van der Waals surface area (Å²) in [7, 11) is 1.63. The van der Waals surface area contributed by atoms with Crippen LogP contribution >= 0.6 is 11.6 Å². The fourth-order valence-corrected chi connectivity index (χ4v) is 6.81. The maximum Gasteiger partial charge on any atom is 0.263 e. The molecule has 0 aliphatic rings. The highest BCUT2D eigenvalue weighted by molar-refractivity contribution is 6.36. The monoisotopic (exact) mass is 668 g/mol. The van der Waals surface area contributed by atoms with Gasteiger partial charge in [0.05, 0.1) is 29.3 Å². The van der Waals surface area contributed by atoms with E-state index in [0.29, 0.717) is 50.6 Å². The lowest BCUT2D eigenvalue weighted by molar-refractivity contribution is 0.414. The van der Waals surface area contributed by atoms with E-state index in [2.05, 4.69) is 20.3 Å². The van der Waals surface area contributed by atoms with Crippen molar-refractivity contribution >= 4 is 39.2 Å². The Labute approximate surface area is 287 Å². The van der Waals surface area contributed by atoms with E-state index in [9.17, 15) is 9.59 Å². The second kappa shape index (κ2) is 13.0. The van der Waals surface area contributed by atoms with E-state index < -0.39 is 6.04 Å².